The summed E-state index contributed by atoms with van der Waals surface area (Å²) in [6, 6.07) is 7.22. The highest BCUT2D eigenvalue weighted by Crippen LogP contribution is 2.30. The number of hydrogen-bond donors (Lipinski definition) is 1. The van der Waals surface area contributed by atoms with Gasteiger partial charge in [-0.1, -0.05) is 18.2 Å². The SMILES string of the molecule is CCOC(=O)C=C1C(=O)Nc2ccccc21. The third-order valence-electron chi connectivity index (χ3n) is 2.26. The van der Waals surface area contributed by atoms with E-state index in [9.17, 15) is 9.59 Å². The predicted octanol–water partition coefficient (Wildman–Crippen LogP) is 1.59. The Kier molecular flexibility index (Phi) is 2.72. The van der Waals surface area contributed by atoms with Crippen LogP contribution in [-0.4, -0.2) is 18.5 Å². The lowest BCUT2D eigenvalue weighted by Crippen LogP contribution is -2.07. The van der Waals surface area contributed by atoms with Gasteiger partial charge in [0.1, 0.15) is 0 Å². The molecule has 0 bridgehead atoms. The van der Waals surface area contributed by atoms with Crippen LogP contribution < -0.4 is 5.32 Å². The minimum atomic E-state index is -0.496. The van der Waals surface area contributed by atoms with Crippen LogP contribution in [0.5, 0.6) is 0 Å². The summed E-state index contributed by atoms with van der Waals surface area (Å²) < 4.78 is 4.77. The first kappa shape index (κ1) is 10.4. The molecule has 0 spiro atoms. The number of para-hydroxylation sites is 1. The minimum absolute atomic E-state index is 0.269. The number of esters is 1. The number of benzene rings is 1. The van der Waals surface area contributed by atoms with Gasteiger partial charge in [0.15, 0.2) is 0 Å². The quantitative estimate of drug-likeness (QED) is 0.604. The van der Waals surface area contributed by atoms with E-state index in [2.05, 4.69) is 5.32 Å². The number of anilines is 1. The normalized spacial score (nSPS) is 15.8. The molecule has 0 unspecified atom stereocenters. The number of carbonyl (C=O) groups is 2. The zero-order chi connectivity index (χ0) is 11.5. The highest BCUT2D eigenvalue weighted by atomic mass is 16.5. The molecule has 1 heterocycles. The second-order valence-electron chi connectivity index (χ2n) is 3.31. The molecular formula is C12H11NO3. The summed E-state index contributed by atoms with van der Waals surface area (Å²) >= 11 is 0. The van der Waals surface area contributed by atoms with E-state index in [1.54, 1.807) is 19.1 Å². The standard InChI is InChI=1S/C12H11NO3/c1-2-16-11(14)7-9-8-5-3-4-6-10(8)13-12(9)15/h3-7H,2H2,1H3,(H,13,15). The first-order valence-electron chi connectivity index (χ1n) is 5.01. The lowest BCUT2D eigenvalue weighted by molar-refractivity contribution is -0.137. The molecule has 0 aromatic heterocycles. The molecule has 1 aliphatic rings. The van der Waals surface area contributed by atoms with Gasteiger partial charge in [0.25, 0.3) is 5.91 Å². The zero-order valence-corrected chi connectivity index (χ0v) is 8.82. The monoisotopic (exact) mass is 217 g/mol. The molecule has 0 saturated heterocycles. The third kappa shape index (κ3) is 1.82. The van der Waals surface area contributed by atoms with E-state index in [4.69, 9.17) is 4.74 Å². The van der Waals surface area contributed by atoms with Crippen LogP contribution in [0, 0.1) is 0 Å². The predicted molar refractivity (Wildman–Crippen MR) is 59.7 cm³/mol. The summed E-state index contributed by atoms with van der Waals surface area (Å²) in [5.74, 6) is -0.765. The zero-order valence-electron chi connectivity index (χ0n) is 8.82. The van der Waals surface area contributed by atoms with Crippen LogP contribution in [-0.2, 0) is 14.3 Å². The molecule has 82 valence electrons. The summed E-state index contributed by atoms with van der Waals surface area (Å²) in [7, 11) is 0. The molecule has 2 rings (SSSR count). The molecular weight excluding hydrogens is 206 g/mol. The van der Waals surface area contributed by atoms with Gasteiger partial charge in [-0.25, -0.2) is 4.79 Å². The lowest BCUT2D eigenvalue weighted by Gasteiger charge is -1.98. The van der Waals surface area contributed by atoms with Crippen LogP contribution in [0.25, 0.3) is 5.57 Å². The molecule has 1 N–H and O–H groups in total. The van der Waals surface area contributed by atoms with Crippen molar-refractivity contribution in [2.24, 2.45) is 0 Å². The van der Waals surface area contributed by atoms with E-state index in [0.29, 0.717) is 12.2 Å². The Hall–Kier alpha value is -2.10. The number of carbonyl (C=O) groups excluding carboxylic acids is 2. The highest BCUT2D eigenvalue weighted by Gasteiger charge is 2.24. The van der Waals surface area contributed by atoms with Gasteiger partial charge in [0.2, 0.25) is 0 Å². The topological polar surface area (TPSA) is 55.4 Å². The maximum Gasteiger partial charge on any atom is 0.331 e. The Labute approximate surface area is 92.9 Å². The number of hydrogen-bond acceptors (Lipinski definition) is 3. The first-order chi connectivity index (χ1) is 7.72. The number of rotatable bonds is 2. The summed E-state index contributed by atoms with van der Waals surface area (Å²) in [4.78, 5) is 22.9. The Morgan fingerprint density at radius 3 is 2.94 bits per heavy atom. The van der Waals surface area contributed by atoms with Crippen molar-refractivity contribution in [2.75, 3.05) is 11.9 Å². The summed E-state index contributed by atoms with van der Waals surface area (Å²) in [5.41, 5.74) is 1.82. The van der Waals surface area contributed by atoms with Crippen molar-refractivity contribution < 1.29 is 14.3 Å². The van der Waals surface area contributed by atoms with Crippen molar-refractivity contribution in [1.82, 2.24) is 0 Å². The van der Waals surface area contributed by atoms with Crippen LogP contribution in [0.15, 0.2) is 30.3 Å². The van der Waals surface area contributed by atoms with E-state index in [0.717, 1.165) is 11.3 Å². The largest absolute Gasteiger partial charge is 0.463 e. The molecule has 16 heavy (non-hydrogen) atoms. The average Bonchev–Trinajstić information content (AvgIpc) is 2.56. The Bertz CT molecular complexity index is 477. The van der Waals surface area contributed by atoms with Crippen molar-refractivity contribution in [1.29, 1.82) is 0 Å². The summed E-state index contributed by atoms with van der Waals surface area (Å²) in [5, 5.41) is 2.68. The molecule has 0 atom stereocenters. The molecule has 4 heteroatoms. The van der Waals surface area contributed by atoms with E-state index >= 15 is 0 Å². The van der Waals surface area contributed by atoms with Gasteiger partial charge in [-0.2, -0.15) is 0 Å². The molecule has 4 nitrogen and oxygen atoms in total. The Morgan fingerprint density at radius 1 is 1.44 bits per heavy atom. The average molecular weight is 217 g/mol. The molecule has 1 amide bonds. The van der Waals surface area contributed by atoms with Crippen LogP contribution in [0.4, 0.5) is 5.69 Å². The van der Waals surface area contributed by atoms with Crippen molar-refractivity contribution in [3.05, 3.63) is 35.9 Å². The van der Waals surface area contributed by atoms with Crippen molar-refractivity contribution in [3.63, 3.8) is 0 Å². The van der Waals surface area contributed by atoms with Gasteiger partial charge < -0.3 is 10.1 Å². The van der Waals surface area contributed by atoms with Crippen LogP contribution in [0.1, 0.15) is 12.5 Å². The van der Waals surface area contributed by atoms with E-state index in [1.807, 2.05) is 12.1 Å². The number of ether oxygens (including phenoxy) is 1. The van der Waals surface area contributed by atoms with Crippen LogP contribution >= 0.6 is 0 Å². The molecule has 0 radical (unpaired) electrons. The maximum absolute atomic E-state index is 11.6. The molecule has 0 fully saturated rings. The van der Waals surface area contributed by atoms with Gasteiger partial charge in [-0.15, -0.1) is 0 Å². The third-order valence-corrected chi connectivity index (χ3v) is 2.26. The van der Waals surface area contributed by atoms with Crippen molar-refractivity contribution in [2.45, 2.75) is 6.92 Å². The van der Waals surface area contributed by atoms with Crippen LogP contribution in [0.2, 0.25) is 0 Å². The lowest BCUT2D eigenvalue weighted by atomic mass is 10.1. The fraction of sp³-hybridized carbons (Fsp3) is 0.167. The van der Waals surface area contributed by atoms with Crippen molar-refractivity contribution in [3.8, 4) is 0 Å². The maximum atomic E-state index is 11.6. The molecule has 1 aromatic rings. The summed E-state index contributed by atoms with van der Waals surface area (Å²) in [6.45, 7) is 2.02. The van der Waals surface area contributed by atoms with Gasteiger partial charge in [-0.3, -0.25) is 4.79 Å². The van der Waals surface area contributed by atoms with Crippen molar-refractivity contribution >= 4 is 23.1 Å². The van der Waals surface area contributed by atoms with E-state index < -0.39 is 5.97 Å². The van der Waals surface area contributed by atoms with Gasteiger partial charge in [0, 0.05) is 17.3 Å². The highest BCUT2D eigenvalue weighted by molar-refractivity contribution is 6.33. The second-order valence-corrected chi connectivity index (χ2v) is 3.31. The van der Waals surface area contributed by atoms with E-state index in [1.165, 1.54) is 6.08 Å². The smallest absolute Gasteiger partial charge is 0.331 e. The molecule has 1 aliphatic heterocycles. The van der Waals surface area contributed by atoms with Gasteiger partial charge >= 0.3 is 5.97 Å². The van der Waals surface area contributed by atoms with Crippen LogP contribution in [0.3, 0.4) is 0 Å². The van der Waals surface area contributed by atoms with Gasteiger partial charge in [-0.05, 0) is 13.0 Å². The molecule has 1 aromatic carbocycles. The number of amides is 1. The Morgan fingerprint density at radius 2 is 2.19 bits per heavy atom. The fourth-order valence-electron chi connectivity index (χ4n) is 1.58. The summed E-state index contributed by atoms with van der Waals surface area (Å²) in [6.07, 6.45) is 1.23. The number of fused-ring (bicyclic) bond motifs is 1. The Balaban J connectivity index is 2.35. The van der Waals surface area contributed by atoms with Gasteiger partial charge in [0.05, 0.1) is 12.2 Å². The first-order valence-corrected chi connectivity index (χ1v) is 5.01. The molecule has 0 aliphatic carbocycles. The molecule has 0 saturated carbocycles. The minimum Gasteiger partial charge on any atom is -0.463 e. The second kappa shape index (κ2) is 4.18. The fourth-order valence-corrected chi connectivity index (χ4v) is 1.58. The van der Waals surface area contributed by atoms with E-state index in [-0.39, 0.29) is 5.91 Å². The number of nitrogens with one attached hydrogen (secondary N) is 1.